The zero-order chi connectivity index (χ0) is 16.1. The lowest BCUT2D eigenvalue weighted by atomic mass is 10.0. The maximum absolute atomic E-state index is 12.8. The van der Waals surface area contributed by atoms with Gasteiger partial charge in [-0.1, -0.05) is 12.1 Å². The summed E-state index contributed by atoms with van der Waals surface area (Å²) in [6, 6.07) is 6.36. The lowest BCUT2D eigenvalue weighted by molar-refractivity contribution is -0.185. The van der Waals surface area contributed by atoms with E-state index in [1.165, 1.54) is 12.1 Å². The van der Waals surface area contributed by atoms with Crippen LogP contribution in [0.15, 0.2) is 24.3 Å². The zero-order valence-electron chi connectivity index (χ0n) is 13.2. The molecule has 126 valence electrons. The Balaban J connectivity index is 1.34. The summed E-state index contributed by atoms with van der Waals surface area (Å²) in [5.74, 6) is -0.609. The van der Waals surface area contributed by atoms with Gasteiger partial charge in [-0.25, -0.2) is 4.39 Å². The van der Waals surface area contributed by atoms with E-state index < -0.39 is 5.79 Å². The second-order valence-corrected chi connectivity index (χ2v) is 6.11. The van der Waals surface area contributed by atoms with Crippen LogP contribution in [-0.4, -0.2) is 56.0 Å². The molecule has 3 rings (SSSR count). The van der Waals surface area contributed by atoms with Gasteiger partial charge in [0.2, 0.25) is 5.91 Å². The van der Waals surface area contributed by atoms with Gasteiger partial charge in [-0.05, 0) is 24.1 Å². The largest absolute Gasteiger partial charge is 0.355 e. The highest BCUT2D eigenvalue weighted by molar-refractivity contribution is 5.78. The average Bonchev–Trinajstić information content (AvgIpc) is 3.00. The Kier molecular flexibility index (Phi) is 5.25. The Bertz CT molecular complexity index is 519. The number of hydrogen-bond acceptors (Lipinski definition) is 4. The van der Waals surface area contributed by atoms with Crippen LogP contribution in [0.4, 0.5) is 4.39 Å². The zero-order valence-corrected chi connectivity index (χ0v) is 13.2. The van der Waals surface area contributed by atoms with Gasteiger partial charge in [0.05, 0.1) is 19.8 Å². The highest BCUT2D eigenvalue weighted by Gasteiger charge is 2.39. The SMILES string of the molecule is O=C(CN1CCC2(CC1)OCCO2)NCCc1ccc(F)cc1. The van der Waals surface area contributed by atoms with E-state index in [0.29, 0.717) is 32.7 Å². The van der Waals surface area contributed by atoms with Crippen molar-refractivity contribution < 1.29 is 18.7 Å². The van der Waals surface area contributed by atoms with Crippen LogP contribution in [0.3, 0.4) is 0 Å². The van der Waals surface area contributed by atoms with E-state index in [-0.39, 0.29) is 11.7 Å². The molecule has 23 heavy (non-hydrogen) atoms. The van der Waals surface area contributed by atoms with Gasteiger partial charge in [0.15, 0.2) is 5.79 Å². The topological polar surface area (TPSA) is 50.8 Å². The number of ether oxygens (including phenoxy) is 2. The number of hydrogen-bond donors (Lipinski definition) is 1. The number of carbonyl (C=O) groups excluding carboxylic acids is 1. The maximum Gasteiger partial charge on any atom is 0.234 e. The van der Waals surface area contributed by atoms with Crippen LogP contribution < -0.4 is 5.32 Å². The summed E-state index contributed by atoms with van der Waals surface area (Å²) >= 11 is 0. The molecule has 0 atom stereocenters. The van der Waals surface area contributed by atoms with Crippen LogP contribution in [0.1, 0.15) is 18.4 Å². The van der Waals surface area contributed by atoms with Crippen LogP contribution in [0.2, 0.25) is 0 Å². The number of nitrogens with one attached hydrogen (secondary N) is 1. The lowest BCUT2D eigenvalue weighted by Gasteiger charge is -2.37. The first-order valence-electron chi connectivity index (χ1n) is 8.17. The fourth-order valence-corrected chi connectivity index (χ4v) is 3.09. The van der Waals surface area contributed by atoms with Gasteiger partial charge in [-0.3, -0.25) is 9.69 Å². The molecular formula is C17H23FN2O3. The quantitative estimate of drug-likeness (QED) is 0.888. The molecule has 1 aromatic rings. The molecule has 5 nitrogen and oxygen atoms in total. The normalized spacial score (nSPS) is 20.7. The van der Waals surface area contributed by atoms with E-state index in [9.17, 15) is 9.18 Å². The fourth-order valence-electron chi connectivity index (χ4n) is 3.09. The summed E-state index contributed by atoms with van der Waals surface area (Å²) in [6.07, 6.45) is 2.34. The standard InChI is InChI=1S/C17H23FN2O3/c18-15-3-1-14(2-4-15)5-8-19-16(21)13-20-9-6-17(7-10-20)22-11-12-23-17/h1-4H,5-13H2,(H,19,21). The average molecular weight is 322 g/mol. The van der Waals surface area contributed by atoms with Gasteiger partial charge in [-0.15, -0.1) is 0 Å². The molecule has 2 aliphatic rings. The summed E-state index contributed by atoms with van der Waals surface area (Å²) in [5.41, 5.74) is 1.02. The highest BCUT2D eigenvalue weighted by atomic mass is 19.1. The number of rotatable bonds is 5. The molecule has 0 aliphatic carbocycles. The van der Waals surface area contributed by atoms with Crippen molar-refractivity contribution >= 4 is 5.91 Å². The highest BCUT2D eigenvalue weighted by Crippen LogP contribution is 2.30. The second kappa shape index (κ2) is 7.38. The van der Waals surface area contributed by atoms with E-state index >= 15 is 0 Å². The van der Waals surface area contributed by atoms with Crippen LogP contribution in [0.5, 0.6) is 0 Å². The van der Waals surface area contributed by atoms with E-state index in [1.54, 1.807) is 12.1 Å². The monoisotopic (exact) mass is 322 g/mol. The molecule has 2 fully saturated rings. The fraction of sp³-hybridized carbons (Fsp3) is 0.588. The molecule has 1 N–H and O–H groups in total. The molecule has 1 aromatic carbocycles. The van der Waals surface area contributed by atoms with Crippen LogP contribution in [0.25, 0.3) is 0 Å². The van der Waals surface area contributed by atoms with Crippen LogP contribution >= 0.6 is 0 Å². The summed E-state index contributed by atoms with van der Waals surface area (Å²) in [4.78, 5) is 14.1. The summed E-state index contributed by atoms with van der Waals surface area (Å²) in [5, 5.41) is 2.92. The van der Waals surface area contributed by atoms with Crippen LogP contribution in [-0.2, 0) is 20.7 Å². The third-order valence-electron chi connectivity index (χ3n) is 4.45. The molecule has 0 bridgehead atoms. The van der Waals surface area contributed by atoms with Gasteiger partial charge in [0, 0.05) is 32.5 Å². The predicted octanol–water partition coefficient (Wildman–Crippen LogP) is 1.32. The van der Waals surface area contributed by atoms with Gasteiger partial charge in [-0.2, -0.15) is 0 Å². The summed E-state index contributed by atoms with van der Waals surface area (Å²) in [6.45, 7) is 3.93. The number of amides is 1. The molecule has 2 saturated heterocycles. The summed E-state index contributed by atoms with van der Waals surface area (Å²) in [7, 11) is 0. The lowest BCUT2D eigenvalue weighted by Crippen LogP contribution is -2.48. The molecule has 0 aromatic heterocycles. The second-order valence-electron chi connectivity index (χ2n) is 6.11. The van der Waals surface area contributed by atoms with Gasteiger partial charge in [0.1, 0.15) is 5.82 Å². The first-order valence-corrected chi connectivity index (χ1v) is 8.17. The van der Waals surface area contributed by atoms with Gasteiger partial charge < -0.3 is 14.8 Å². The first-order chi connectivity index (χ1) is 11.2. The van der Waals surface area contributed by atoms with Crippen molar-refractivity contribution in [2.24, 2.45) is 0 Å². The molecular weight excluding hydrogens is 299 g/mol. The molecule has 0 saturated carbocycles. The Hall–Kier alpha value is -1.50. The molecule has 1 spiro atoms. The minimum atomic E-state index is -0.393. The molecule has 2 aliphatic heterocycles. The Labute approximate surface area is 135 Å². The van der Waals surface area contributed by atoms with Crippen LogP contribution in [0, 0.1) is 5.82 Å². The predicted molar refractivity (Wildman–Crippen MR) is 83.4 cm³/mol. The van der Waals surface area contributed by atoms with E-state index in [1.807, 2.05) is 0 Å². The molecule has 0 unspecified atom stereocenters. The number of likely N-dealkylation sites (tertiary alicyclic amines) is 1. The molecule has 1 amide bonds. The van der Waals surface area contributed by atoms with E-state index in [4.69, 9.17) is 9.47 Å². The van der Waals surface area contributed by atoms with Crippen molar-refractivity contribution in [2.75, 3.05) is 39.4 Å². The number of benzene rings is 1. The van der Waals surface area contributed by atoms with Crippen molar-refractivity contribution in [3.8, 4) is 0 Å². The third kappa shape index (κ3) is 4.50. The smallest absolute Gasteiger partial charge is 0.234 e. The van der Waals surface area contributed by atoms with Crippen molar-refractivity contribution in [3.63, 3.8) is 0 Å². The number of halogens is 1. The van der Waals surface area contributed by atoms with Crippen molar-refractivity contribution in [3.05, 3.63) is 35.6 Å². The minimum absolute atomic E-state index is 0.0244. The maximum atomic E-state index is 12.8. The number of carbonyl (C=O) groups is 1. The molecule has 2 heterocycles. The number of piperidine rings is 1. The van der Waals surface area contributed by atoms with E-state index in [0.717, 1.165) is 31.5 Å². The van der Waals surface area contributed by atoms with Crippen molar-refractivity contribution in [1.82, 2.24) is 10.2 Å². The Morgan fingerprint density at radius 2 is 1.83 bits per heavy atom. The van der Waals surface area contributed by atoms with Crippen molar-refractivity contribution in [2.45, 2.75) is 25.0 Å². The Morgan fingerprint density at radius 3 is 2.48 bits per heavy atom. The first kappa shape index (κ1) is 16.4. The van der Waals surface area contributed by atoms with Gasteiger partial charge >= 0.3 is 0 Å². The van der Waals surface area contributed by atoms with Crippen molar-refractivity contribution in [1.29, 1.82) is 0 Å². The number of nitrogens with zero attached hydrogens (tertiary/aromatic N) is 1. The van der Waals surface area contributed by atoms with E-state index in [2.05, 4.69) is 10.2 Å². The third-order valence-corrected chi connectivity index (χ3v) is 4.45. The summed E-state index contributed by atoms with van der Waals surface area (Å²) < 4.78 is 24.2. The van der Waals surface area contributed by atoms with Gasteiger partial charge in [0.25, 0.3) is 0 Å². The Morgan fingerprint density at radius 1 is 1.17 bits per heavy atom. The molecule has 6 heteroatoms. The molecule has 0 radical (unpaired) electrons. The minimum Gasteiger partial charge on any atom is -0.355 e.